The number of benzene rings is 1. The quantitative estimate of drug-likeness (QED) is 0.868. The third-order valence-corrected chi connectivity index (χ3v) is 2.90. The van der Waals surface area contributed by atoms with E-state index in [1.807, 2.05) is 49.2 Å². The van der Waals surface area contributed by atoms with Gasteiger partial charge >= 0.3 is 0 Å². The first-order valence-electron chi connectivity index (χ1n) is 5.90. The zero-order valence-electron chi connectivity index (χ0n) is 10.6. The van der Waals surface area contributed by atoms with Gasteiger partial charge in [0.25, 0.3) is 0 Å². The lowest BCUT2D eigenvalue weighted by molar-refractivity contribution is 0.142. The Morgan fingerprint density at radius 3 is 2.72 bits per heavy atom. The van der Waals surface area contributed by atoms with Crippen molar-refractivity contribution in [3.8, 4) is 11.4 Å². The number of aliphatic hydroxyl groups excluding tert-OH is 1. The summed E-state index contributed by atoms with van der Waals surface area (Å²) in [5.74, 6) is 1.15. The van der Waals surface area contributed by atoms with Gasteiger partial charge in [-0.3, -0.25) is 4.90 Å². The summed E-state index contributed by atoms with van der Waals surface area (Å²) in [5.41, 5.74) is 0.936. The van der Waals surface area contributed by atoms with Crippen molar-refractivity contribution in [1.82, 2.24) is 15.0 Å². The molecule has 0 aliphatic rings. The molecule has 0 aliphatic carbocycles. The second kappa shape index (κ2) is 5.75. The molecule has 0 spiro atoms. The van der Waals surface area contributed by atoms with Crippen LogP contribution in [-0.2, 0) is 6.54 Å². The van der Waals surface area contributed by atoms with Crippen LogP contribution in [0.2, 0.25) is 0 Å². The first kappa shape index (κ1) is 12.7. The molecule has 1 heterocycles. The molecule has 0 amide bonds. The molecule has 1 unspecified atom stereocenters. The Morgan fingerprint density at radius 2 is 2.06 bits per heavy atom. The van der Waals surface area contributed by atoms with Crippen LogP contribution in [-0.4, -0.2) is 39.8 Å². The van der Waals surface area contributed by atoms with Gasteiger partial charge in [-0.15, -0.1) is 0 Å². The van der Waals surface area contributed by atoms with Gasteiger partial charge in [-0.25, -0.2) is 0 Å². The molecule has 18 heavy (non-hydrogen) atoms. The molecule has 1 aromatic heterocycles. The van der Waals surface area contributed by atoms with E-state index in [0.717, 1.165) is 5.56 Å². The Labute approximate surface area is 106 Å². The van der Waals surface area contributed by atoms with Gasteiger partial charge in [0, 0.05) is 11.6 Å². The van der Waals surface area contributed by atoms with E-state index in [-0.39, 0.29) is 12.6 Å². The number of nitrogens with zero attached hydrogens (tertiary/aromatic N) is 3. The van der Waals surface area contributed by atoms with Gasteiger partial charge in [0.1, 0.15) is 0 Å². The molecule has 2 rings (SSSR count). The summed E-state index contributed by atoms with van der Waals surface area (Å²) in [7, 11) is 1.91. The van der Waals surface area contributed by atoms with Crippen molar-refractivity contribution in [1.29, 1.82) is 0 Å². The third-order valence-electron chi connectivity index (χ3n) is 2.90. The minimum absolute atomic E-state index is 0.0667. The summed E-state index contributed by atoms with van der Waals surface area (Å²) in [4.78, 5) is 6.30. The number of likely N-dealkylation sites (N-methyl/N-ethyl adjacent to an activating group) is 1. The molecule has 0 saturated carbocycles. The lowest BCUT2D eigenvalue weighted by Crippen LogP contribution is -2.31. The van der Waals surface area contributed by atoms with Crippen LogP contribution in [0.5, 0.6) is 0 Å². The third kappa shape index (κ3) is 2.94. The van der Waals surface area contributed by atoms with Gasteiger partial charge in [0.2, 0.25) is 11.7 Å². The molecule has 1 atom stereocenters. The molecule has 1 N–H and O–H groups in total. The largest absolute Gasteiger partial charge is 0.395 e. The van der Waals surface area contributed by atoms with Crippen molar-refractivity contribution >= 4 is 0 Å². The van der Waals surface area contributed by atoms with Crippen LogP contribution in [0.1, 0.15) is 12.8 Å². The van der Waals surface area contributed by atoms with E-state index in [0.29, 0.717) is 18.3 Å². The van der Waals surface area contributed by atoms with E-state index in [2.05, 4.69) is 10.1 Å². The van der Waals surface area contributed by atoms with Crippen molar-refractivity contribution in [2.45, 2.75) is 19.5 Å². The highest BCUT2D eigenvalue weighted by molar-refractivity contribution is 5.53. The van der Waals surface area contributed by atoms with Gasteiger partial charge in [-0.1, -0.05) is 35.5 Å². The maximum atomic E-state index is 9.06. The molecule has 2 aromatic rings. The number of aromatic nitrogens is 2. The van der Waals surface area contributed by atoms with Crippen LogP contribution in [0.3, 0.4) is 0 Å². The fourth-order valence-electron chi connectivity index (χ4n) is 1.53. The van der Waals surface area contributed by atoms with Crippen LogP contribution >= 0.6 is 0 Å². The second-order valence-electron chi connectivity index (χ2n) is 4.32. The van der Waals surface area contributed by atoms with E-state index in [1.165, 1.54) is 0 Å². The minimum Gasteiger partial charge on any atom is -0.395 e. The van der Waals surface area contributed by atoms with Gasteiger partial charge < -0.3 is 9.63 Å². The highest BCUT2D eigenvalue weighted by Crippen LogP contribution is 2.15. The van der Waals surface area contributed by atoms with Gasteiger partial charge in [-0.2, -0.15) is 4.98 Å². The van der Waals surface area contributed by atoms with Gasteiger partial charge in [0.05, 0.1) is 13.2 Å². The zero-order valence-corrected chi connectivity index (χ0v) is 10.6. The summed E-state index contributed by atoms with van der Waals surface area (Å²) in [6, 6.07) is 9.76. The molecule has 0 radical (unpaired) electrons. The van der Waals surface area contributed by atoms with E-state index >= 15 is 0 Å². The summed E-state index contributed by atoms with van der Waals surface area (Å²) >= 11 is 0. The van der Waals surface area contributed by atoms with Crippen LogP contribution in [0.15, 0.2) is 34.9 Å². The van der Waals surface area contributed by atoms with E-state index in [9.17, 15) is 0 Å². The minimum atomic E-state index is 0.0667. The maximum Gasteiger partial charge on any atom is 0.241 e. The topological polar surface area (TPSA) is 62.4 Å². The van der Waals surface area contributed by atoms with Crippen LogP contribution < -0.4 is 0 Å². The maximum absolute atomic E-state index is 9.06. The number of aliphatic hydroxyl groups is 1. The van der Waals surface area contributed by atoms with E-state index in [4.69, 9.17) is 9.63 Å². The Morgan fingerprint density at radius 1 is 1.33 bits per heavy atom. The molecule has 5 heteroatoms. The lowest BCUT2D eigenvalue weighted by atomic mass is 10.2. The van der Waals surface area contributed by atoms with Crippen molar-refractivity contribution in [2.24, 2.45) is 0 Å². The number of hydrogen-bond donors (Lipinski definition) is 1. The van der Waals surface area contributed by atoms with Crippen LogP contribution in [0.25, 0.3) is 11.4 Å². The molecule has 5 nitrogen and oxygen atoms in total. The number of rotatable bonds is 5. The Kier molecular flexibility index (Phi) is 4.07. The van der Waals surface area contributed by atoms with Gasteiger partial charge in [-0.05, 0) is 14.0 Å². The molecule has 0 fully saturated rings. The van der Waals surface area contributed by atoms with Crippen molar-refractivity contribution in [3.05, 3.63) is 36.2 Å². The Bertz CT molecular complexity index is 484. The molecule has 0 saturated heterocycles. The average molecular weight is 247 g/mol. The predicted molar refractivity (Wildman–Crippen MR) is 67.7 cm³/mol. The zero-order chi connectivity index (χ0) is 13.0. The molecular weight excluding hydrogens is 230 g/mol. The second-order valence-corrected chi connectivity index (χ2v) is 4.32. The highest BCUT2D eigenvalue weighted by atomic mass is 16.5. The smallest absolute Gasteiger partial charge is 0.241 e. The Hall–Kier alpha value is -1.72. The summed E-state index contributed by atoms with van der Waals surface area (Å²) < 4.78 is 5.20. The SMILES string of the molecule is CC(CO)N(C)Cc1nc(-c2ccccc2)no1. The lowest BCUT2D eigenvalue weighted by Gasteiger charge is -2.20. The fourth-order valence-corrected chi connectivity index (χ4v) is 1.53. The van der Waals surface area contributed by atoms with E-state index < -0.39 is 0 Å². The van der Waals surface area contributed by atoms with Crippen molar-refractivity contribution in [2.75, 3.05) is 13.7 Å². The van der Waals surface area contributed by atoms with Crippen molar-refractivity contribution < 1.29 is 9.63 Å². The average Bonchev–Trinajstić information content (AvgIpc) is 2.87. The first-order chi connectivity index (χ1) is 8.70. The first-order valence-corrected chi connectivity index (χ1v) is 5.90. The summed E-state index contributed by atoms with van der Waals surface area (Å²) in [6.45, 7) is 2.58. The highest BCUT2D eigenvalue weighted by Gasteiger charge is 2.13. The van der Waals surface area contributed by atoms with Gasteiger partial charge in [0.15, 0.2) is 0 Å². The van der Waals surface area contributed by atoms with Crippen molar-refractivity contribution in [3.63, 3.8) is 0 Å². The predicted octanol–water partition coefficient (Wildman–Crippen LogP) is 1.55. The molecule has 96 valence electrons. The summed E-state index contributed by atoms with van der Waals surface area (Å²) in [6.07, 6.45) is 0. The molecule has 0 aliphatic heterocycles. The normalized spacial score (nSPS) is 12.9. The van der Waals surface area contributed by atoms with Crippen LogP contribution in [0, 0.1) is 0 Å². The molecule has 1 aromatic carbocycles. The summed E-state index contributed by atoms with van der Waals surface area (Å²) in [5, 5.41) is 13.0. The standard InChI is InChI=1S/C13H17N3O2/c1-10(9-17)16(2)8-12-14-13(15-18-12)11-6-4-3-5-7-11/h3-7,10,17H,8-9H2,1-2H3. The van der Waals surface area contributed by atoms with E-state index in [1.54, 1.807) is 0 Å². The monoisotopic (exact) mass is 247 g/mol. The Balaban J connectivity index is 2.07. The fraction of sp³-hybridized carbons (Fsp3) is 0.385. The molecular formula is C13H17N3O2. The van der Waals surface area contributed by atoms with Crippen LogP contribution in [0.4, 0.5) is 0 Å². The molecule has 0 bridgehead atoms. The number of hydrogen-bond acceptors (Lipinski definition) is 5.